The third-order valence-electron chi connectivity index (χ3n) is 6.44. The summed E-state index contributed by atoms with van der Waals surface area (Å²) >= 11 is 0.982. The zero-order valence-corrected chi connectivity index (χ0v) is 22.0. The van der Waals surface area contributed by atoms with Crippen molar-refractivity contribution in [3.05, 3.63) is 11.1 Å². The average molecular weight is 590 g/mol. The topological polar surface area (TPSA) is 257 Å². The maximum atomic E-state index is 13.3. The molecule has 1 saturated carbocycles. The van der Waals surface area contributed by atoms with E-state index >= 15 is 0 Å². The highest BCUT2D eigenvalue weighted by molar-refractivity contribution is 7.84. The second-order valence-electron chi connectivity index (χ2n) is 9.22. The van der Waals surface area contributed by atoms with E-state index in [1.807, 2.05) is 0 Å². The van der Waals surface area contributed by atoms with Crippen molar-refractivity contribution in [3.8, 4) is 0 Å². The number of thiazole rings is 1. The molecule has 39 heavy (non-hydrogen) atoms. The van der Waals surface area contributed by atoms with Crippen molar-refractivity contribution in [2.24, 2.45) is 16.8 Å². The van der Waals surface area contributed by atoms with Crippen LogP contribution < -0.4 is 16.8 Å². The molecule has 3 fully saturated rings. The van der Waals surface area contributed by atoms with Gasteiger partial charge in [0.25, 0.3) is 0 Å². The van der Waals surface area contributed by atoms with Crippen molar-refractivity contribution < 1.29 is 46.8 Å². The van der Waals surface area contributed by atoms with E-state index in [2.05, 4.69) is 15.5 Å². The molecular formula is C20H27N7O10S2. The number of hydrogen-bond donors (Lipinski definition) is 5. The van der Waals surface area contributed by atoms with Crippen LogP contribution in [0.1, 0.15) is 25.0 Å². The van der Waals surface area contributed by atoms with Gasteiger partial charge in [-0.3, -0.25) is 14.1 Å². The molecule has 2 amide bonds. The Labute approximate surface area is 226 Å². The van der Waals surface area contributed by atoms with Crippen LogP contribution in [0.2, 0.25) is 0 Å². The third kappa shape index (κ3) is 6.11. The fourth-order valence-electron chi connectivity index (χ4n) is 4.23. The van der Waals surface area contributed by atoms with Crippen LogP contribution in [0, 0.1) is 5.92 Å². The number of rotatable bonds is 14. The van der Waals surface area contributed by atoms with Crippen molar-refractivity contribution in [2.45, 2.75) is 37.0 Å². The number of amides is 2. The largest absolute Gasteiger partial charge is 0.478 e. The molecular weight excluding hydrogens is 562 g/mol. The lowest BCUT2D eigenvalue weighted by atomic mass is 9.84. The van der Waals surface area contributed by atoms with Gasteiger partial charge < -0.3 is 36.4 Å². The summed E-state index contributed by atoms with van der Waals surface area (Å²) in [6.45, 7) is 0.870. The molecule has 3 aliphatic rings. The number of aromatic nitrogens is 1. The van der Waals surface area contributed by atoms with Gasteiger partial charge in [0.05, 0.1) is 18.5 Å². The molecule has 214 valence electrons. The van der Waals surface area contributed by atoms with Gasteiger partial charge >= 0.3 is 22.4 Å². The highest BCUT2D eigenvalue weighted by Crippen LogP contribution is 2.40. The van der Waals surface area contributed by atoms with Crippen molar-refractivity contribution in [3.63, 3.8) is 0 Å². The lowest BCUT2D eigenvalue weighted by Gasteiger charge is -2.45. The Morgan fingerprint density at radius 3 is 2.64 bits per heavy atom. The van der Waals surface area contributed by atoms with E-state index in [1.54, 1.807) is 0 Å². The SMILES string of the molecule is NCCNC[C@@H]1CN(C[C@@H]2[C@H](CC(=O)/C(=N\OC3(C(=O)O)CC3)c3csc(N)n3)C(=O)N2S(=O)(=O)O)C(=O)O1. The molecule has 1 aliphatic carbocycles. The number of ketones is 1. The number of ether oxygens (including phenoxy) is 1. The van der Waals surface area contributed by atoms with Crippen LogP contribution in [0.25, 0.3) is 0 Å². The smallest absolute Gasteiger partial charge is 0.410 e. The zero-order chi connectivity index (χ0) is 28.5. The van der Waals surface area contributed by atoms with Crippen LogP contribution in [0.5, 0.6) is 0 Å². The number of carboxylic acid groups (broad SMARTS) is 1. The molecule has 3 heterocycles. The van der Waals surface area contributed by atoms with E-state index in [0.717, 1.165) is 11.3 Å². The van der Waals surface area contributed by atoms with Crippen LogP contribution in [0.4, 0.5) is 9.93 Å². The van der Waals surface area contributed by atoms with Crippen molar-refractivity contribution in [2.75, 3.05) is 38.5 Å². The van der Waals surface area contributed by atoms with Gasteiger partial charge in [0.2, 0.25) is 11.5 Å². The summed E-state index contributed by atoms with van der Waals surface area (Å²) in [5.74, 6) is -4.40. The first kappa shape index (κ1) is 28.6. The molecule has 2 saturated heterocycles. The Hall–Kier alpha value is -3.39. The fourth-order valence-corrected chi connectivity index (χ4v) is 5.69. The molecule has 0 aromatic carbocycles. The number of carbonyl (C=O) groups excluding carboxylic acids is 3. The molecule has 0 radical (unpaired) electrons. The number of nitrogen functional groups attached to an aromatic ring is 1. The van der Waals surface area contributed by atoms with Gasteiger partial charge in [0, 0.05) is 50.8 Å². The number of carbonyl (C=O) groups is 4. The number of Topliss-reactive ketones (excluding diaryl/α,β-unsaturated/α-hetero) is 1. The Balaban J connectivity index is 1.51. The fraction of sp³-hybridized carbons (Fsp3) is 0.600. The molecule has 4 rings (SSSR count). The van der Waals surface area contributed by atoms with Gasteiger partial charge in [-0.25, -0.2) is 18.9 Å². The highest BCUT2D eigenvalue weighted by Gasteiger charge is 2.56. The minimum absolute atomic E-state index is 0.0189. The van der Waals surface area contributed by atoms with E-state index in [4.69, 9.17) is 21.0 Å². The first-order chi connectivity index (χ1) is 18.4. The molecule has 19 heteroatoms. The summed E-state index contributed by atoms with van der Waals surface area (Å²) < 4.78 is 38.8. The van der Waals surface area contributed by atoms with Gasteiger partial charge in [-0.15, -0.1) is 11.3 Å². The zero-order valence-electron chi connectivity index (χ0n) is 20.4. The summed E-state index contributed by atoms with van der Waals surface area (Å²) in [4.78, 5) is 60.1. The summed E-state index contributed by atoms with van der Waals surface area (Å²) in [5.41, 5.74) is 9.08. The Bertz CT molecular complexity index is 1300. The standard InChI is InChI=1S/C20H27N7O10S2/c21-3-4-23-6-10-7-26(19(32)36-10)8-13-11(16(29)27(13)39(33,34)35)5-14(28)15(12-9-38-18(22)24-12)25-37-20(1-2-20)17(30)31/h9-11,13,23H,1-8,21H2,(H2,22,24)(H,30,31)(H,33,34,35)/b25-15-/t10-,11+,13-/m1/s1. The van der Waals surface area contributed by atoms with E-state index in [9.17, 15) is 37.3 Å². The lowest BCUT2D eigenvalue weighted by molar-refractivity contribution is -0.153. The molecule has 1 aromatic rings. The maximum absolute atomic E-state index is 13.3. The maximum Gasteiger partial charge on any atom is 0.410 e. The second kappa shape index (κ2) is 11.0. The van der Waals surface area contributed by atoms with Gasteiger partial charge in [-0.1, -0.05) is 5.16 Å². The molecule has 0 bridgehead atoms. The molecule has 17 nitrogen and oxygen atoms in total. The average Bonchev–Trinajstić information content (AvgIpc) is 3.41. The van der Waals surface area contributed by atoms with Crippen LogP contribution in [0.15, 0.2) is 10.5 Å². The predicted octanol–water partition coefficient (Wildman–Crippen LogP) is -1.98. The van der Waals surface area contributed by atoms with E-state index in [1.165, 1.54) is 10.3 Å². The molecule has 0 unspecified atom stereocenters. The summed E-state index contributed by atoms with van der Waals surface area (Å²) in [6, 6.07) is -1.28. The number of oxime groups is 1. The Morgan fingerprint density at radius 2 is 2.08 bits per heavy atom. The van der Waals surface area contributed by atoms with Crippen LogP contribution >= 0.6 is 11.3 Å². The van der Waals surface area contributed by atoms with E-state index < -0.39 is 69.9 Å². The number of aliphatic carboxylic acids is 1. The van der Waals surface area contributed by atoms with Crippen LogP contribution in [0.3, 0.4) is 0 Å². The number of nitrogens with two attached hydrogens (primary N) is 2. The van der Waals surface area contributed by atoms with Gasteiger partial charge in [0.1, 0.15) is 11.8 Å². The summed E-state index contributed by atoms with van der Waals surface area (Å²) in [7, 11) is -5.00. The summed E-state index contributed by atoms with van der Waals surface area (Å²) in [6.07, 6.45) is -1.57. The van der Waals surface area contributed by atoms with Crippen LogP contribution in [-0.2, 0) is 34.3 Å². The Morgan fingerprint density at radius 1 is 1.36 bits per heavy atom. The summed E-state index contributed by atoms with van der Waals surface area (Å²) in [5, 5.41) is 17.5. The van der Waals surface area contributed by atoms with Gasteiger partial charge in [-0.05, 0) is 0 Å². The number of hydrogen-bond acceptors (Lipinski definition) is 14. The normalized spacial score (nSPS) is 24.4. The molecule has 2 aliphatic heterocycles. The molecule has 7 N–H and O–H groups in total. The predicted molar refractivity (Wildman–Crippen MR) is 133 cm³/mol. The van der Waals surface area contributed by atoms with E-state index in [-0.39, 0.29) is 41.1 Å². The molecule has 0 spiro atoms. The van der Waals surface area contributed by atoms with Crippen molar-refractivity contribution in [1.29, 1.82) is 0 Å². The number of nitrogens with one attached hydrogen (secondary N) is 1. The number of cyclic esters (lactones) is 1. The molecule has 3 atom stereocenters. The Kier molecular flexibility index (Phi) is 8.07. The number of nitrogens with zero attached hydrogens (tertiary/aromatic N) is 4. The van der Waals surface area contributed by atoms with E-state index in [0.29, 0.717) is 19.6 Å². The third-order valence-corrected chi connectivity index (χ3v) is 8.06. The minimum atomic E-state index is -5.00. The minimum Gasteiger partial charge on any atom is -0.478 e. The monoisotopic (exact) mass is 589 g/mol. The first-order valence-electron chi connectivity index (χ1n) is 11.8. The number of β-lactam (4-membered cyclic amide) rings is 1. The second-order valence-corrected chi connectivity index (χ2v) is 11.4. The van der Waals surface area contributed by atoms with Crippen molar-refractivity contribution >= 4 is 56.2 Å². The van der Waals surface area contributed by atoms with Crippen LogP contribution in [-0.4, -0.2) is 112 Å². The van der Waals surface area contributed by atoms with Crippen molar-refractivity contribution in [1.82, 2.24) is 19.5 Å². The van der Waals surface area contributed by atoms with Gasteiger partial charge in [0.15, 0.2) is 16.6 Å². The van der Waals surface area contributed by atoms with Gasteiger partial charge in [-0.2, -0.15) is 8.42 Å². The lowest BCUT2D eigenvalue weighted by Crippen LogP contribution is -2.66. The highest BCUT2D eigenvalue weighted by atomic mass is 32.2. The quantitative estimate of drug-likeness (QED) is 0.0518. The number of anilines is 1. The number of carboxylic acids is 1. The molecule has 1 aromatic heterocycles. The first-order valence-corrected chi connectivity index (χ1v) is 14.0.